The van der Waals surface area contributed by atoms with Gasteiger partial charge < -0.3 is 15.0 Å². The van der Waals surface area contributed by atoms with Crippen LogP contribution in [0.4, 0.5) is 4.79 Å². The summed E-state index contributed by atoms with van der Waals surface area (Å²) in [5, 5.41) is 3.18. The number of urea groups is 1. The number of carbonyl (C=O) groups excluding carboxylic acids is 1. The second kappa shape index (κ2) is 8.23. The molecule has 1 N–H and O–H groups in total. The maximum Gasteiger partial charge on any atom is 0.317 e. The summed E-state index contributed by atoms with van der Waals surface area (Å²) >= 11 is 0. The first-order valence-electron chi connectivity index (χ1n) is 10.1. The van der Waals surface area contributed by atoms with Gasteiger partial charge in [0, 0.05) is 44.7 Å². The number of benzene rings is 2. The van der Waals surface area contributed by atoms with Gasteiger partial charge in [-0.2, -0.15) is 0 Å². The van der Waals surface area contributed by atoms with Crippen molar-refractivity contribution in [3.05, 3.63) is 65.7 Å². The smallest absolute Gasteiger partial charge is 0.317 e. The van der Waals surface area contributed by atoms with E-state index in [0.29, 0.717) is 6.54 Å². The average Bonchev–Trinajstić information content (AvgIpc) is 3.55. The summed E-state index contributed by atoms with van der Waals surface area (Å²) in [5.41, 5.74) is 2.73. The van der Waals surface area contributed by atoms with Gasteiger partial charge in [0.15, 0.2) is 0 Å². The van der Waals surface area contributed by atoms with E-state index in [9.17, 15) is 4.79 Å². The molecule has 1 aliphatic heterocycles. The topological polar surface area (TPSA) is 44.8 Å². The first-order valence-corrected chi connectivity index (χ1v) is 10.1. The van der Waals surface area contributed by atoms with Crippen molar-refractivity contribution >= 4 is 6.03 Å². The van der Waals surface area contributed by atoms with Crippen LogP contribution < -0.4 is 10.1 Å². The van der Waals surface area contributed by atoms with E-state index in [1.807, 2.05) is 23.1 Å². The number of hydrogen-bond acceptors (Lipinski definition) is 3. The molecule has 5 nitrogen and oxygen atoms in total. The van der Waals surface area contributed by atoms with Gasteiger partial charge in [-0.15, -0.1) is 0 Å². The van der Waals surface area contributed by atoms with E-state index in [2.05, 4.69) is 46.6 Å². The standard InChI is InChI=1S/C23H29N3O2/c1-28-21-9-7-20(8-10-21)23(11-12-23)18-24-22(27)26-15-13-25(14-16-26)17-19-5-3-2-4-6-19/h2-10H,11-18H2,1H3,(H,24,27). The Balaban J connectivity index is 1.24. The summed E-state index contributed by atoms with van der Waals surface area (Å²) in [6.45, 7) is 5.08. The normalized spacial score (nSPS) is 18.5. The second-order valence-electron chi connectivity index (χ2n) is 7.92. The van der Waals surface area contributed by atoms with E-state index >= 15 is 0 Å². The number of piperazine rings is 1. The van der Waals surface area contributed by atoms with Gasteiger partial charge in [-0.25, -0.2) is 4.79 Å². The number of rotatable bonds is 6. The fourth-order valence-electron chi connectivity index (χ4n) is 3.97. The van der Waals surface area contributed by atoms with Crippen molar-refractivity contribution in [3.63, 3.8) is 0 Å². The molecule has 0 aromatic heterocycles. The molecule has 2 aliphatic rings. The van der Waals surface area contributed by atoms with Gasteiger partial charge in [0.25, 0.3) is 0 Å². The molecule has 1 heterocycles. The Morgan fingerprint density at radius 1 is 1.00 bits per heavy atom. The van der Waals surface area contributed by atoms with Crippen LogP contribution in [0.3, 0.4) is 0 Å². The largest absolute Gasteiger partial charge is 0.497 e. The maximum absolute atomic E-state index is 12.6. The fourth-order valence-corrected chi connectivity index (χ4v) is 3.97. The molecule has 2 aromatic carbocycles. The summed E-state index contributed by atoms with van der Waals surface area (Å²) in [6.07, 6.45) is 2.26. The Labute approximate surface area is 167 Å². The number of carbonyl (C=O) groups is 1. The molecule has 0 bridgehead atoms. The average molecular weight is 380 g/mol. The van der Waals surface area contributed by atoms with Crippen molar-refractivity contribution in [1.82, 2.24) is 15.1 Å². The van der Waals surface area contributed by atoms with Crippen LogP contribution in [0, 0.1) is 0 Å². The van der Waals surface area contributed by atoms with Gasteiger partial charge in [-0.1, -0.05) is 42.5 Å². The highest BCUT2D eigenvalue weighted by Crippen LogP contribution is 2.47. The molecule has 5 heteroatoms. The third kappa shape index (κ3) is 4.30. The first kappa shape index (κ1) is 18.8. The van der Waals surface area contributed by atoms with E-state index in [-0.39, 0.29) is 11.4 Å². The lowest BCUT2D eigenvalue weighted by Gasteiger charge is -2.35. The van der Waals surface area contributed by atoms with Gasteiger partial charge in [0.1, 0.15) is 5.75 Å². The molecular weight excluding hydrogens is 350 g/mol. The third-order valence-corrected chi connectivity index (χ3v) is 6.04. The molecule has 0 spiro atoms. The lowest BCUT2D eigenvalue weighted by Crippen LogP contribution is -2.52. The van der Waals surface area contributed by atoms with Gasteiger partial charge >= 0.3 is 6.03 Å². The van der Waals surface area contributed by atoms with Crippen molar-refractivity contribution in [2.24, 2.45) is 0 Å². The molecule has 148 valence electrons. The number of nitrogens with one attached hydrogen (secondary N) is 1. The van der Waals surface area contributed by atoms with E-state index in [4.69, 9.17) is 4.74 Å². The fraction of sp³-hybridized carbons (Fsp3) is 0.435. The third-order valence-electron chi connectivity index (χ3n) is 6.04. The Morgan fingerprint density at radius 2 is 1.68 bits per heavy atom. The minimum atomic E-state index is 0.0687. The van der Waals surface area contributed by atoms with Crippen LogP contribution in [0.2, 0.25) is 0 Å². The van der Waals surface area contributed by atoms with Crippen LogP contribution in [0.15, 0.2) is 54.6 Å². The lowest BCUT2D eigenvalue weighted by atomic mass is 9.96. The molecule has 2 amide bonds. The van der Waals surface area contributed by atoms with Crippen LogP contribution in [-0.2, 0) is 12.0 Å². The van der Waals surface area contributed by atoms with E-state index in [1.165, 1.54) is 11.1 Å². The molecule has 1 saturated heterocycles. The molecule has 2 aromatic rings. The Bertz CT molecular complexity index is 779. The molecule has 0 radical (unpaired) electrons. The molecule has 4 rings (SSSR count). The molecule has 0 atom stereocenters. The maximum atomic E-state index is 12.6. The van der Waals surface area contributed by atoms with Crippen molar-refractivity contribution < 1.29 is 9.53 Å². The van der Waals surface area contributed by atoms with Crippen molar-refractivity contribution in [1.29, 1.82) is 0 Å². The highest BCUT2D eigenvalue weighted by molar-refractivity contribution is 5.74. The monoisotopic (exact) mass is 379 g/mol. The minimum Gasteiger partial charge on any atom is -0.497 e. The van der Waals surface area contributed by atoms with E-state index in [0.717, 1.165) is 51.3 Å². The van der Waals surface area contributed by atoms with Crippen LogP contribution in [0.5, 0.6) is 5.75 Å². The number of amides is 2. The minimum absolute atomic E-state index is 0.0687. The summed E-state index contributed by atoms with van der Waals surface area (Å²) in [5.74, 6) is 0.872. The Morgan fingerprint density at radius 3 is 2.29 bits per heavy atom. The van der Waals surface area contributed by atoms with Gasteiger partial charge in [0.05, 0.1) is 7.11 Å². The highest BCUT2D eigenvalue weighted by Gasteiger charge is 2.44. The predicted molar refractivity (Wildman–Crippen MR) is 111 cm³/mol. The molecule has 2 fully saturated rings. The molecule has 28 heavy (non-hydrogen) atoms. The van der Waals surface area contributed by atoms with Crippen molar-refractivity contribution in [2.45, 2.75) is 24.8 Å². The van der Waals surface area contributed by atoms with Crippen LogP contribution in [-0.4, -0.2) is 55.7 Å². The summed E-state index contributed by atoms with van der Waals surface area (Å²) in [6, 6.07) is 18.8. The van der Waals surface area contributed by atoms with Gasteiger partial charge in [0.2, 0.25) is 0 Å². The molecule has 1 aliphatic carbocycles. The summed E-state index contributed by atoms with van der Waals surface area (Å²) < 4.78 is 5.25. The van der Waals surface area contributed by atoms with Crippen LogP contribution in [0.25, 0.3) is 0 Å². The quantitative estimate of drug-likeness (QED) is 0.838. The zero-order valence-corrected chi connectivity index (χ0v) is 16.6. The SMILES string of the molecule is COc1ccc(C2(CNC(=O)N3CCN(Cc4ccccc4)CC3)CC2)cc1. The zero-order valence-electron chi connectivity index (χ0n) is 16.6. The summed E-state index contributed by atoms with van der Waals surface area (Å²) in [7, 11) is 1.68. The zero-order chi connectivity index (χ0) is 19.4. The Kier molecular flexibility index (Phi) is 5.53. The van der Waals surface area contributed by atoms with Crippen LogP contribution in [0.1, 0.15) is 24.0 Å². The predicted octanol–water partition coefficient (Wildman–Crippen LogP) is 3.25. The van der Waals surface area contributed by atoms with Crippen molar-refractivity contribution in [3.8, 4) is 5.75 Å². The Hall–Kier alpha value is -2.53. The van der Waals surface area contributed by atoms with E-state index in [1.54, 1.807) is 7.11 Å². The second-order valence-corrected chi connectivity index (χ2v) is 7.92. The number of hydrogen-bond donors (Lipinski definition) is 1. The molecule has 0 unspecified atom stereocenters. The highest BCUT2D eigenvalue weighted by atomic mass is 16.5. The van der Waals surface area contributed by atoms with Crippen molar-refractivity contribution in [2.75, 3.05) is 39.8 Å². The first-order chi connectivity index (χ1) is 13.7. The number of nitrogens with zero attached hydrogens (tertiary/aromatic N) is 2. The lowest BCUT2D eigenvalue weighted by molar-refractivity contribution is 0.135. The van der Waals surface area contributed by atoms with Crippen LogP contribution >= 0.6 is 0 Å². The molecular formula is C23H29N3O2. The number of ether oxygens (including phenoxy) is 1. The molecule has 1 saturated carbocycles. The van der Waals surface area contributed by atoms with Gasteiger partial charge in [-0.05, 0) is 36.1 Å². The van der Waals surface area contributed by atoms with Gasteiger partial charge in [-0.3, -0.25) is 4.90 Å². The van der Waals surface area contributed by atoms with E-state index < -0.39 is 0 Å². The summed E-state index contributed by atoms with van der Waals surface area (Å²) in [4.78, 5) is 17.0. The number of methoxy groups -OCH3 is 1.